The second-order valence-electron chi connectivity index (χ2n) is 7.09. The number of rotatable bonds is 10. The Balaban J connectivity index is 2.17. The lowest BCUT2D eigenvalue weighted by atomic mass is 9.95. The summed E-state index contributed by atoms with van der Waals surface area (Å²) < 4.78 is 43.1. The maximum atomic E-state index is 13.0. The highest BCUT2D eigenvalue weighted by atomic mass is 32.2. The van der Waals surface area contributed by atoms with Gasteiger partial charge in [-0.1, -0.05) is 26.2 Å². The van der Waals surface area contributed by atoms with Crippen molar-refractivity contribution in [2.75, 3.05) is 32.6 Å². The fraction of sp³-hybridized carbons (Fsp3) is 0.722. The summed E-state index contributed by atoms with van der Waals surface area (Å²) in [5, 5.41) is 1.96. The third-order valence-corrected chi connectivity index (χ3v) is 6.74. The minimum atomic E-state index is -4.19. The number of nitrogens with zero attached hydrogens (tertiary/aromatic N) is 2. The second-order valence-corrected chi connectivity index (χ2v) is 8.89. The van der Waals surface area contributed by atoms with Crippen LogP contribution in [0, 0.1) is 5.92 Å². The van der Waals surface area contributed by atoms with Crippen LogP contribution in [0.1, 0.15) is 39.0 Å². The Kier molecular flexibility index (Phi) is 8.45. The van der Waals surface area contributed by atoms with E-state index in [2.05, 4.69) is 20.0 Å². The van der Waals surface area contributed by atoms with E-state index < -0.39 is 27.2 Å². The maximum Gasteiger partial charge on any atom is 0.326 e. The third-order valence-electron chi connectivity index (χ3n) is 4.95. The van der Waals surface area contributed by atoms with Crippen molar-refractivity contribution in [3.05, 3.63) is 6.07 Å². The van der Waals surface area contributed by atoms with Crippen molar-refractivity contribution in [2.24, 2.45) is 5.92 Å². The number of sulfonamides is 1. The van der Waals surface area contributed by atoms with Gasteiger partial charge in [0.15, 0.2) is 5.25 Å². The van der Waals surface area contributed by atoms with Gasteiger partial charge in [0.1, 0.15) is 0 Å². The lowest BCUT2D eigenvalue weighted by molar-refractivity contribution is -0.141. The van der Waals surface area contributed by atoms with Crippen LogP contribution in [-0.4, -0.2) is 63.5 Å². The van der Waals surface area contributed by atoms with Crippen LogP contribution in [0.4, 0.5) is 5.95 Å². The zero-order valence-electron chi connectivity index (χ0n) is 17.3. The molecule has 1 fully saturated rings. The molecule has 2 N–H and O–H groups in total. The van der Waals surface area contributed by atoms with E-state index in [0.717, 1.165) is 32.8 Å². The molecule has 1 aliphatic carbocycles. The first kappa shape index (κ1) is 23.1. The van der Waals surface area contributed by atoms with Gasteiger partial charge in [-0.15, -0.1) is 0 Å². The van der Waals surface area contributed by atoms with Crippen LogP contribution in [0.5, 0.6) is 11.8 Å². The van der Waals surface area contributed by atoms with E-state index in [1.54, 1.807) is 6.92 Å². The number of hydrogen-bond donors (Lipinski definition) is 2. The highest BCUT2D eigenvalue weighted by Crippen LogP contribution is 2.22. The highest BCUT2D eigenvalue weighted by Gasteiger charge is 2.39. The van der Waals surface area contributed by atoms with Crippen LogP contribution < -0.4 is 19.5 Å². The molecule has 0 saturated heterocycles. The van der Waals surface area contributed by atoms with Crippen LogP contribution in [0.25, 0.3) is 0 Å². The van der Waals surface area contributed by atoms with Crippen molar-refractivity contribution in [1.82, 2.24) is 15.3 Å². The molecular formula is C18H30N4O6S. The number of nitrogens with one attached hydrogen (secondary N) is 2. The molecule has 0 aliphatic heterocycles. The van der Waals surface area contributed by atoms with Crippen molar-refractivity contribution in [3.8, 4) is 11.8 Å². The predicted molar refractivity (Wildman–Crippen MR) is 108 cm³/mol. The Morgan fingerprint density at radius 2 is 1.72 bits per heavy atom. The summed E-state index contributed by atoms with van der Waals surface area (Å²) in [5.74, 6) is -1.38. The summed E-state index contributed by atoms with van der Waals surface area (Å²) in [6, 6.07) is 1.75. The number of anilines is 1. The molecule has 0 bridgehead atoms. The lowest BCUT2D eigenvalue weighted by Gasteiger charge is -2.27. The molecule has 1 aliphatic rings. The molecule has 164 valence electrons. The summed E-state index contributed by atoms with van der Waals surface area (Å²) in [6.07, 6.45) is 5.64. The van der Waals surface area contributed by atoms with E-state index in [9.17, 15) is 13.2 Å². The molecule has 0 amide bonds. The molecule has 29 heavy (non-hydrogen) atoms. The first-order valence-electron chi connectivity index (χ1n) is 9.60. The van der Waals surface area contributed by atoms with Crippen LogP contribution >= 0.6 is 0 Å². The van der Waals surface area contributed by atoms with Crippen molar-refractivity contribution in [3.63, 3.8) is 0 Å². The largest absolute Gasteiger partial charge is 0.481 e. The number of hydrogen-bond acceptors (Lipinski definition) is 9. The molecule has 1 saturated carbocycles. The number of ether oxygens (including phenoxy) is 3. The highest BCUT2D eigenvalue weighted by molar-refractivity contribution is 7.94. The van der Waals surface area contributed by atoms with Crippen LogP contribution in [0.2, 0.25) is 0 Å². The molecule has 10 nitrogen and oxygen atoms in total. The first-order chi connectivity index (χ1) is 13.8. The van der Waals surface area contributed by atoms with Gasteiger partial charge in [-0.25, -0.2) is 8.42 Å². The smallest absolute Gasteiger partial charge is 0.326 e. The molecule has 11 heteroatoms. The van der Waals surface area contributed by atoms with Gasteiger partial charge in [-0.2, -0.15) is 9.97 Å². The lowest BCUT2D eigenvalue weighted by Crippen LogP contribution is -2.46. The van der Waals surface area contributed by atoms with Crippen LogP contribution in [0.3, 0.4) is 0 Å². The molecule has 0 spiro atoms. The van der Waals surface area contributed by atoms with Crippen LogP contribution in [-0.2, 0) is 19.6 Å². The van der Waals surface area contributed by atoms with Gasteiger partial charge in [-0.3, -0.25) is 9.52 Å². The van der Waals surface area contributed by atoms with Gasteiger partial charge in [0, 0.05) is 6.04 Å². The van der Waals surface area contributed by atoms with E-state index in [4.69, 9.17) is 14.2 Å². The molecule has 2 rings (SSSR count). The van der Waals surface area contributed by atoms with Crippen molar-refractivity contribution < 1.29 is 27.4 Å². The van der Waals surface area contributed by atoms with Gasteiger partial charge in [-0.05, 0) is 25.3 Å². The average molecular weight is 431 g/mol. The molecule has 2 unspecified atom stereocenters. The summed E-state index contributed by atoms with van der Waals surface area (Å²) in [6.45, 7) is 2.07. The van der Waals surface area contributed by atoms with Crippen molar-refractivity contribution in [1.29, 1.82) is 0 Å². The second kappa shape index (κ2) is 10.6. The fourth-order valence-corrected chi connectivity index (χ4v) is 4.93. The average Bonchev–Trinajstić information content (AvgIpc) is 2.71. The van der Waals surface area contributed by atoms with Gasteiger partial charge in [0.2, 0.25) is 27.7 Å². The number of carbonyl (C=O) groups is 1. The van der Waals surface area contributed by atoms with Crippen molar-refractivity contribution in [2.45, 2.75) is 50.3 Å². The normalized spacial score (nSPS) is 17.2. The predicted octanol–water partition coefficient (Wildman–Crippen LogP) is 1.34. The minimum absolute atomic E-state index is 0.121. The van der Waals surface area contributed by atoms with Crippen LogP contribution in [0.15, 0.2) is 6.07 Å². The van der Waals surface area contributed by atoms with E-state index in [0.29, 0.717) is 12.6 Å². The first-order valence-corrected chi connectivity index (χ1v) is 11.1. The van der Waals surface area contributed by atoms with E-state index in [1.807, 2.05) is 0 Å². The molecule has 1 aromatic rings. The van der Waals surface area contributed by atoms with Gasteiger partial charge in [0.05, 0.1) is 27.4 Å². The van der Waals surface area contributed by atoms with E-state index in [1.165, 1.54) is 26.7 Å². The Labute approximate surface area is 171 Å². The summed E-state index contributed by atoms with van der Waals surface area (Å²) >= 11 is 0. The van der Waals surface area contributed by atoms with E-state index in [-0.39, 0.29) is 17.7 Å². The SMILES string of the molecule is COC(=O)C(C(C)CNC1CCCCC1)S(=O)(=O)Nc1nc(OC)cc(OC)n1. The molecule has 1 heterocycles. The monoisotopic (exact) mass is 430 g/mol. The standard InChI is InChI=1S/C18H30N4O6S/c1-12(11-19-13-8-6-5-7-9-13)16(17(23)28-4)29(24,25)22-18-20-14(26-2)10-15(21-18)27-3/h10,12-13,16,19H,5-9,11H2,1-4H3,(H,20,21,22). The number of methoxy groups -OCH3 is 3. The van der Waals surface area contributed by atoms with E-state index >= 15 is 0 Å². The van der Waals surface area contributed by atoms with Gasteiger partial charge >= 0.3 is 5.97 Å². The Hall–Kier alpha value is -2.14. The molecule has 2 atom stereocenters. The minimum Gasteiger partial charge on any atom is -0.481 e. The fourth-order valence-electron chi connectivity index (χ4n) is 3.40. The molecule has 0 aromatic carbocycles. The topological polar surface area (TPSA) is 129 Å². The number of aromatic nitrogens is 2. The summed E-state index contributed by atoms with van der Waals surface area (Å²) in [5.41, 5.74) is 0. The van der Waals surface area contributed by atoms with Gasteiger partial charge in [0.25, 0.3) is 0 Å². The summed E-state index contributed by atoms with van der Waals surface area (Å²) in [4.78, 5) is 20.2. The Bertz CT molecular complexity index is 760. The third kappa shape index (κ3) is 6.43. The number of esters is 1. The Morgan fingerprint density at radius 3 is 2.24 bits per heavy atom. The molecular weight excluding hydrogens is 400 g/mol. The molecule has 1 aromatic heterocycles. The summed E-state index contributed by atoms with van der Waals surface area (Å²) in [7, 11) is -0.255. The quantitative estimate of drug-likeness (QED) is 0.528. The van der Waals surface area contributed by atoms with Crippen molar-refractivity contribution >= 4 is 21.9 Å². The zero-order chi connectivity index (χ0) is 21.4. The number of carbonyl (C=O) groups excluding carboxylic acids is 1. The molecule has 0 radical (unpaired) electrons. The van der Waals surface area contributed by atoms with Gasteiger partial charge < -0.3 is 19.5 Å². The Morgan fingerprint density at radius 1 is 1.14 bits per heavy atom. The maximum absolute atomic E-state index is 13.0. The zero-order valence-corrected chi connectivity index (χ0v) is 18.1.